The fourth-order valence-electron chi connectivity index (χ4n) is 2.47. The molecule has 0 amide bonds. The van der Waals surface area contributed by atoms with Crippen molar-refractivity contribution in [3.05, 3.63) is 24.2 Å². The van der Waals surface area contributed by atoms with Gasteiger partial charge in [0.25, 0.3) is 0 Å². The molecule has 0 saturated carbocycles. The second-order valence-electron chi connectivity index (χ2n) is 5.74. The predicted molar refractivity (Wildman–Crippen MR) is 119 cm³/mol. The van der Waals surface area contributed by atoms with E-state index in [1.807, 2.05) is 0 Å². The van der Waals surface area contributed by atoms with E-state index in [0.717, 1.165) is 0 Å². The number of rotatable bonds is 7. The molecule has 0 spiro atoms. The number of hydrogen-bond acceptors (Lipinski definition) is 4. The Hall–Kier alpha value is 0.258. The zero-order valence-electron chi connectivity index (χ0n) is 17.9. The van der Waals surface area contributed by atoms with Gasteiger partial charge in [-0.05, 0) is 49.0 Å². The van der Waals surface area contributed by atoms with Gasteiger partial charge in [0.2, 0.25) is 0 Å². The van der Waals surface area contributed by atoms with Gasteiger partial charge < -0.3 is 9.15 Å². The molecule has 1 saturated heterocycles. The molecule has 0 bridgehead atoms. The maximum atomic E-state index is 11.0. The van der Waals surface area contributed by atoms with Crippen LogP contribution >= 0.6 is 25.3 Å². The van der Waals surface area contributed by atoms with Crippen molar-refractivity contribution < 1.29 is 37.5 Å². The topological polar surface area (TPSA) is 56.5 Å². The van der Waals surface area contributed by atoms with Crippen molar-refractivity contribution >= 4 is 37.2 Å². The van der Waals surface area contributed by atoms with Crippen molar-refractivity contribution in [2.45, 2.75) is 53.9 Å². The van der Waals surface area contributed by atoms with Gasteiger partial charge in [-0.1, -0.05) is 41.5 Å². The van der Waals surface area contributed by atoms with E-state index in [9.17, 15) is 9.59 Å². The van der Waals surface area contributed by atoms with E-state index in [4.69, 9.17) is 4.42 Å². The minimum absolute atomic E-state index is 0.0696. The van der Waals surface area contributed by atoms with E-state index in [1.54, 1.807) is 18.8 Å². The summed E-state index contributed by atoms with van der Waals surface area (Å²) in [6, 6.07) is 4.19. The van der Waals surface area contributed by atoms with E-state index in [-0.39, 0.29) is 6.42 Å². The second-order valence-corrected chi connectivity index (χ2v) is 12.2. The van der Waals surface area contributed by atoms with E-state index < -0.39 is 17.9 Å². The molecule has 0 aliphatic carbocycles. The molecule has 1 atom stereocenters. The molecular formula is C20H35ClO4P2Pt. The second kappa shape index (κ2) is 20.5. The van der Waals surface area contributed by atoms with Crippen LogP contribution in [0.3, 0.4) is 0 Å². The van der Waals surface area contributed by atoms with Gasteiger partial charge in [0, 0.05) is 0 Å². The van der Waals surface area contributed by atoms with E-state index >= 15 is 0 Å². The Labute approximate surface area is 189 Å². The Balaban J connectivity index is 0. The van der Waals surface area contributed by atoms with Crippen molar-refractivity contribution in [1.29, 1.82) is 0 Å². The Morgan fingerprint density at radius 2 is 1.39 bits per heavy atom. The van der Waals surface area contributed by atoms with E-state index in [0.29, 0.717) is 21.6 Å². The molecule has 4 nitrogen and oxygen atoms in total. The first-order chi connectivity index (χ1) is 13.5. The molecule has 1 fully saturated rings. The first kappa shape index (κ1) is 30.5. The molecular weight excluding hydrogens is 597 g/mol. The van der Waals surface area contributed by atoms with Gasteiger partial charge in [-0.25, -0.2) is 6.07 Å². The monoisotopic (exact) mass is 631 g/mol. The minimum atomic E-state index is -0.566. The predicted octanol–water partition coefficient (Wildman–Crippen LogP) is 6.38. The average molecular weight is 632 g/mol. The average Bonchev–Trinajstić information content (AvgIpc) is 3.36. The molecule has 28 heavy (non-hydrogen) atoms. The van der Waals surface area contributed by atoms with Crippen LogP contribution in [0.5, 0.6) is 0 Å². The molecule has 2 heterocycles. The molecule has 0 N–H and O–H groups in total. The summed E-state index contributed by atoms with van der Waals surface area (Å²) in [7, 11) is 5.50. The van der Waals surface area contributed by atoms with Gasteiger partial charge >= 0.3 is 40.1 Å². The summed E-state index contributed by atoms with van der Waals surface area (Å²) in [6.07, 6.45) is 9.92. The first-order valence-corrected chi connectivity index (χ1v) is 16.3. The molecule has 1 aromatic rings. The van der Waals surface area contributed by atoms with E-state index in [1.165, 1.54) is 49.3 Å². The van der Waals surface area contributed by atoms with Crippen LogP contribution in [0.25, 0.3) is 0 Å². The number of furan rings is 1. The quantitative estimate of drug-likeness (QED) is 0.152. The number of halogens is 1. The summed E-state index contributed by atoms with van der Waals surface area (Å²) < 4.78 is 9.27. The summed E-state index contributed by atoms with van der Waals surface area (Å²) in [5.74, 6) is -1.17. The van der Waals surface area contributed by atoms with Gasteiger partial charge in [-0.3, -0.25) is 9.59 Å². The summed E-state index contributed by atoms with van der Waals surface area (Å²) in [5.41, 5.74) is 0. The van der Waals surface area contributed by atoms with Crippen LogP contribution in [0.2, 0.25) is 0 Å². The fourth-order valence-corrected chi connectivity index (χ4v) is 5.15. The molecule has 1 unspecified atom stereocenters. The summed E-state index contributed by atoms with van der Waals surface area (Å²) in [5, 5.41) is 0. The maximum absolute atomic E-state index is 11.0. The van der Waals surface area contributed by atoms with Crippen LogP contribution in [0.1, 0.15) is 59.6 Å². The molecule has 0 radical (unpaired) electrons. The summed E-state index contributed by atoms with van der Waals surface area (Å²) >= 11 is 1.61. The van der Waals surface area contributed by atoms with Crippen molar-refractivity contribution in [3.8, 4) is 0 Å². The zero-order valence-corrected chi connectivity index (χ0v) is 22.7. The number of esters is 2. The number of carbonyl (C=O) groups is 2. The van der Waals surface area contributed by atoms with Crippen molar-refractivity contribution in [3.63, 3.8) is 0 Å². The van der Waals surface area contributed by atoms with Crippen molar-refractivity contribution in [2.75, 3.05) is 37.0 Å². The van der Waals surface area contributed by atoms with Gasteiger partial charge in [-0.15, -0.1) is 15.8 Å². The summed E-state index contributed by atoms with van der Waals surface area (Å²) in [4.78, 5) is 21.6. The van der Waals surface area contributed by atoms with Crippen LogP contribution in [-0.2, 0) is 33.1 Å². The third-order valence-corrected chi connectivity index (χ3v) is 9.75. The molecule has 0 aromatic carbocycles. The zero-order chi connectivity index (χ0) is 21.9. The Bertz CT molecular complexity index is 469. The normalized spacial score (nSPS) is 15.2. The van der Waals surface area contributed by atoms with Crippen molar-refractivity contribution in [2.24, 2.45) is 0 Å². The molecule has 1 aliphatic heterocycles. The van der Waals surface area contributed by atoms with E-state index in [2.05, 4.69) is 61.8 Å². The SMILES string of the molecule is CCP(CC)CC.CCP(CC)CC.O=C1CC(c2c[c-]co2)C(=O)O1.[Cl][Pt+]. The Morgan fingerprint density at radius 1 is 0.964 bits per heavy atom. The Kier molecular flexibility index (Phi) is 22.3. The van der Waals surface area contributed by atoms with Gasteiger partial charge in [0.15, 0.2) is 0 Å². The molecule has 1 aromatic heterocycles. The first-order valence-electron chi connectivity index (χ1n) is 9.72. The van der Waals surface area contributed by atoms with Crippen molar-refractivity contribution in [1.82, 2.24) is 0 Å². The number of cyclic esters (lactones) is 2. The third-order valence-electron chi connectivity index (χ3n) is 4.39. The summed E-state index contributed by atoms with van der Waals surface area (Å²) in [6.45, 7) is 13.7. The van der Waals surface area contributed by atoms with Crippen LogP contribution in [-0.4, -0.2) is 48.9 Å². The molecule has 2 rings (SSSR count). The van der Waals surface area contributed by atoms with Gasteiger partial charge in [0.05, 0.1) is 12.3 Å². The molecule has 166 valence electrons. The fraction of sp³-hybridized carbons (Fsp3) is 0.700. The third kappa shape index (κ3) is 13.5. The number of ether oxygens (including phenoxy) is 1. The van der Waals surface area contributed by atoms with Gasteiger partial charge in [-0.2, -0.15) is 6.07 Å². The van der Waals surface area contributed by atoms with Gasteiger partial charge in [0.1, 0.15) is 0 Å². The van der Waals surface area contributed by atoms with Crippen LogP contribution in [0.4, 0.5) is 0 Å². The molecule has 8 heteroatoms. The van der Waals surface area contributed by atoms with Crippen LogP contribution in [0, 0.1) is 6.07 Å². The van der Waals surface area contributed by atoms with Crippen LogP contribution in [0.15, 0.2) is 16.7 Å². The van der Waals surface area contributed by atoms with Crippen LogP contribution < -0.4 is 0 Å². The standard InChI is InChI=1S/C8H5O4.2C6H15P.ClH.Pt/c9-7-4-5(8(10)12-7)6-2-1-3-11-6;2*1-4-7(5-2)6-3;;/h2-3,5H,4H2;2*4-6H2,1-3H3;1H;/q-1;;;;+2/p-1. The number of carbonyl (C=O) groups excluding carboxylic acids is 2. The molecule has 1 aliphatic rings. The number of hydrogen-bond donors (Lipinski definition) is 0. The Morgan fingerprint density at radius 3 is 1.61 bits per heavy atom.